The summed E-state index contributed by atoms with van der Waals surface area (Å²) in [6.07, 6.45) is 20.5. The van der Waals surface area contributed by atoms with Crippen LogP contribution in [-0.4, -0.2) is 44.5 Å². The molecule has 4 heterocycles. The van der Waals surface area contributed by atoms with Crippen molar-refractivity contribution in [3.63, 3.8) is 0 Å². The van der Waals surface area contributed by atoms with Crippen molar-refractivity contribution in [2.24, 2.45) is 0 Å². The summed E-state index contributed by atoms with van der Waals surface area (Å²) in [4.78, 5) is 14.3. The highest BCUT2D eigenvalue weighted by Crippen LogP contribution is 2.46. The lowest BCUT2D eigenvalue weighted by Gasteiger charge is -2.18. The molecule has 0 radical (unpaired) electrons. The van der Waals surface area contributed by atoms with Gasteiger partial charge in [-0.3, -0.25) is 4.79 Å². The number of ketones is 1. The number of fused-ring (bicyclic) bond motifs is 4. The molecule has 4 aliphatic rings. The fourth-order valence-corrected chi connectivity index (χ4v) is 9.95. The second-order valence-electron chi connectivity index (χ2n) is 16.9. The fraction of sp³-hybridized carbons (Fsp3) is 0.440. The largest absolute Gasteiger partial charge is 0.506 e. The highest BCUT2D eigenvalue weighted by atomic mass is 16.5. The van der Waals surface area contributed by atoms with Crippen LogP contribution >= 0.6 is 0 Å². The fourth-order valence-electron chi connectivity index (χ4n) is 9.95. The molecular formula is C50H57N2O4+. The van der Waals surface area contributed by atoms with E-state index >= 15 is 0 Å². The normalized spacial score (nSPS) is 19.6. The number of benzene rings is 4. The summed E-state index contributed by atoms with van der Waals surface area (Å²) in [6, 6.07) is 17.5. The molecule has 6 heteroatoms. The van der Waals surface area contributed by atoms with Gasteiger partial charge in [-0.15, -0.1) is 0 Å². The van der Waals surface area contributed by atoms with Crippen molar-refractivity contribution in [2.75, 3.05) is 6.54 Å². The third kappa shape index (κ3) is 6.24. The van der Waals surface area contributed by atoms with E-state index in [1.165, 1.54) is 97.3 Å². The Balaban J connectivity index is 1.13. The zero-order chi connectivity index (χ0) is 38.5. The number of unbranched alkanes of at least 4 members (excludes halogenated alkanes) is 10. The average Bonchev–Trinajstić information content (AvgIpc) is 3.94. The van der Waals surface area contributed by atoms with Crippen molar-refractivity contribution in [2.45, 2.75) is 136 Å². The van der Waals surface area contributed by atoms with Crippen LogP contribution in [0.5, 0.6) is 11.5 Å². The molecule has 5 aromatic rings. The predicted molar refractivity (Wildman–Crippen MR) is 229 cm³/mol. The van der Waals surface area contributed by atoms with Gasteiger partial charge in [-0.05, 0) is 44.9 Å². The number of nitrogens with zero attached hydrogens (tertiary/aromatic N) is 2. The molecule has 0 spiro atoms. The van der Waals surface area contributed by atoms with Gasteiger partial charge in [0.25, 0.3) is 0 Å². The molecule has 4 aromatic carbocycles. The number of ether oxygens (including phenoxy) is 2. The SMILES string of the molecule is CCCCCCCCn1c(=CC2=C(O)C(=CC3=[N+](CCCCCCCC)c4cc5c(c6cccc3c46)OC(C)C5)C2=O)c2cccc3c4c(cc1c32)CC(C)O4. The van der Waals surface area contributed by atoms with Gasteiger partial charge < -0.3 is 19.1 Å². The number of aryl methyl sites for hydroxylation is 1. The van der Waals surface area contributed by atoms with Gasteiger partial charge in [0.2, 0.25) is 17.2 Å². The smallest absolute Gasteiger partial charge is 0.215 e. The third-order valence-corrected chi connectivity index (χ3v) is 12.7. The van der Waals surface area contributed by atoms with Gasteiger partial charge in [0, 0.05) is 76.0 Å². The molecule has 0 amide bonds. The molecule has 0 bridgehead atoms. The molecule has 56 heavy (non-hydrogen) atoms. The maximum Gasteiger partial charge on any atom is 0.215 e. The first-order valence-corrected chi connectivity index (χ1v) is 21.7. The molecule has 1 aromatic heterocycles. The lowest BCUT2D eigenvalue weighted by Crippen LogP contribution is -2.26. The van der Waals surface area contributed by atoms with Crippen molar-refractivity contribution in [3.05, 3.63) is 93.6 Å². The third-order valence-electron chi connectivity index (χ3n) is 12.7. The molecule has 290 valence electrons. The average molecular weight is 750 g/mol. The van der Waals surface area contributed by atoms with Crippen LogP contribution in [0, 0.1) is 0 Å². The monoisotopic (exact) mass is 749 g/mol. The number of Topliss-reactive ketones (excluding diaryl/α,β-unsaturated/α-hetero) is 1. The summed E-state index contributed by atoms with van der Waals surface area (Å²) in [7, 11) is 0. The quantitative estimate of drug-likeness (QED) is 0.0620. The molecule has 0 fully saturated rings. The summed E-state index contributed by atoms with van der Waals surface area (Å²) < 4.78 is 17.5. The first-order valence-electron chi connectivity index (χ1n) is 21.7. The molecule has 9 rings (SSSR count). The van der Waals surface area contributed by atoms with Crippen LogP contribution in [0.15, 0.2) is 71.5 Å². The number of hydrogen-bond donors (Lipinski definition) is 1. The van der Waals surface area contributed by atoms with Crippen molar-refractivity contribution in [1.29, 1.82) is 0 Å². The van der Waals surface area contributed by atoms with Gasteiger partial charge in [0.1, 0.15) is 36.0 Å². The molecule has 2 atom stereocenters. The van der Waals surface area contributed by atoms with Crippen LogP contribution in [0.25, 0.3) is 38.5 Å². The first-order chi connectivity index (χ1) is 27.4. The van der Waals surface area contributed by atoms with E-state index in [1.807, 2.05) is 12.2 Å². The number of aromatic nitrogens is 1. The van der Waals surface area contributed by atoms with Crippen molar-refractivity contribution >= 4 is 55.7 Å². The van der Waals surface area contributed by atoms with E-state index in [4.69, 9.17) is 9.47 Å². The van der Waals surface area contributed by atoms with E-state index in [0.717, 1.165) is 83.1 Å². The van der Waals surface area contributed by atoms with Crippen LogP contribution in [0.1, 0.15) is 121 Å². The Hall–Kier alpha value is -4.84. The van der Waals surface area contributed by atoms with Gasteiger partial charge in [-0.25, -0.2) is 0 Å². The Kier molecular flexibility index (Phi) is 10.0. The van der Waals surface area contributed by atoms with Gasteiger partial charge in [0.05, 0.1) is 27.6 Å². The maximum absolute atomic E-state index is 14.3. The second-order valence-corrected chi connectivity index (χ2v) is 16.9. The Bertz CT molecular complexity index is 2530. The molecule has 6 nitrogen and oxygen atoms in total. The first kappa shape index (κ1) is 36.8. The number of allylic oxidation sites excluding steroid dienone is 3. The standard InChI is InChI=1S/C50H56N2O4/c1-5-7-9-11-13-15-23-51-41(35-19-17-21-37-45(35)43(51)27-33-25-31(3)55-49(33)37)29-39-47(53)40(48(39)54)30-42-36-20-18-22-38-46(36)44(28-34-26-32(4)56-50(34)38)52(42)24-16-14-12-10-8-6-2/h17-22,27-32H,5-16,23-26H2,1-4H3/p+1. The molecule has 3 aliphatic heterocycles. The number of carbonyl (C=O) groups excluding carboxylic acids is 1. The molecule has 0 saturated heterocycles. The van der Waals surface area contributed by atoms with Gasteiger partial charge in [0.15, 0.2) is 0 Å². The predicted octanol–water partition coefficient (Wildman–Crippen LogP) is 11.3. The van der Waals surface area contributed by atoms with E-state index in [1.54, 1.807) is 0 Å². The van der Waals surface area contributed by atoms with Crippen molar-refractivity contribution < 1.29 is 24.0 Å². The van der Waals surface area contributed by atoms with E-state index in [0.29, 0.717) is 11.1 Å². The number of aliphatic hydroxyl groups excluding tert-OH is 1. The molecule has 1 aliphatic carbocycles. The summed E-state index contributed by atoms with van der Waals surface area (Å²) in [5, 5.41) is 18.6. The summed E-state index contributed by atoms with van der Waals surface area (Å²) in [6.45, 7) is 10.5. The lowest BCUT2D eigenvalue weighted by atomic mass is 9.86. The van der Waals surface area contributed by atoms with Crippen LogP contribution in [0.2, 0.25) is 0 Å². The highest BCUT2D eigenvalue weighted by molar-refractivity contribution is 6.29. The van der Waals surface area contributed by atoms with Crippen LogP contribution in [0.3, 0.4) is 0 Å². The molecule has 0 saturated carbocycles. The summed E-state index contributed by atoms with van der Waals surface area (Å²) >= 11 is 0. The van der Waals surface area contributed by atoms with E-state index in [9.17, 15) is 9.90 Å². The van der Waals surface area contributed by atoms with Crippen LogP contribution in [-0.2, 0) is 24.2 Å². The van der Waals surface area contributed by atoms with Crippen LogP contribution < -0.4 is 14.8 Å². The topological polar surface area (TPSA) is 63.7 Å². The zero-order valence-corrected chi connectivity index (χ0v) is 33.8. The van der Waals surface area contributed by atoms with Crippen LogP contribution in [0.4, 0.5) is 5.69 Å². The van der Waals surface area contributed by atoms with Crippen molar-refractivity contribution in [1.82, 2.24) is 4.57 Å². The Morgan fingerprint density at radius 2 is 1.36 bits per heavy atom. The molecule has 2 unspecified atom stereocenters. The minimum atomic E-state index is -0.105. The number of carbonyl (C=O) groups is 1. The number of hydrogen-bond acceptors (Lipinski definition) is 4. The van der Waals surface area contributed by atoms with Gasteiger partial charge in [-0.1, -0.05) is 102 Å². The Morgan fingerprint density at radius 3 is 2.05 bits per heavy atom. The summed E-state index contributed by atoms with van der Waals surface area (Å²) in [5.41, 5.74) is 7.75. The highest BCUT2D eigenvalue weighted by Gasteiger charge is 2.39. The zero-order valence-electron chi connectivity index (χ0n) is 33.8. The lowest BCUT2D eigenvalue weighted by molar-refractivity contribution is -0.436. The minimum Gasteiger partial charge on any atom is -0.506 e. The summed E-state index contributed by atoms with van der Waals surface area (Å²) in [5.74, 6) is 1.96. The second kappa shape index (κ2) is 15.2. The molecular weight excluding hydrogens is 693 g/mol. The van der Waals surface area contributed by atoms with E-state index in [2.05, 4.69) is 85.4 Å². The Morgan fingerprint density at radius 1 is 0.750 bits per heavy atom. The van der Waals surface area contributed by atoms with E-state index < -0.39 is 0 Å². The van der Waals surface area contributed by atoms with Gasteiger partial charge in [-0.2, -0.15) is 4.58 Å². The molecule has 1 N–H and O–H groups in total. The van der Waals surface area contributed by atoms with E-state index in [-0.39, 0.29) is 23.8 Å². The number of aliphatic hydroxyl groups is 1. The minimum absolute atomic E-state index is 0.0830. The number of rotatable bonds is 16. The van der Waals surface area contributed by atoms with Crippen molar-refractivity contribution in [3.8, 4) is 11.5 Å². The Labute approximate surface area is 331 Å². The maximum atomic E-state index is 14.3. The van der Waals surface area contributed by atoms with Gasteiger partial charge >= 0.3 is 0 Å².